The molecule has 0 atom stereocenters. The van der Waals surface area contributed by atoms with Crippen LogP contribution in [0.25, 0.3) is 0 Å². The molecule has 0 aliphatic heterocycles. The van der Waals surface area contributed by atoms with Gasteiger partial charge in [-0.1, -0.05) is 12.1 Å². The maximum Gasteiger partial charge on any atom is 0.416 e. The van der Waals surface area contributed by atoms with Gasteiger partial charge in [-0.05, 0) is 60.2 Å². The summed E-state index contributed by atoms with van der Waals surface area (Å²) in [5.74, 6) is -0.519. The molecule has 0 heterocycles. The second kappa shape index (κ2) is 8.91. The minimum atomic E-state index is -4.40. The van der Waals surface area contributed by atoms with E-state index >= 15 is 0 Å². The summed E-state index contributed by atoms with van der Waals surface area (Å²) in [7, 11) is -3.67. The Kier molecular flexibility index (Phi) is 6.45. The highest BCUT2D eigenvalue weighted by Crippen LogP contribution is 2.29. The molecule has 3 rings (SSSR count). The van der Waals surface area contributed by atoms with Gasteiger partial charge in [-0.2, -0.15) is 13.2 Å². The predicted molar refractivity (Wildman–Crippen MR) is 111 cm³/mol. The molecule has 0 fully saturated rings. The van der Waals surface area contributed by atoms with Gasteiger partial charge in [0, 0.05) is 17.5 Å². The lowest BCUT2D eigenvalue weighted by Gasteiger charge is -2.10. The van der Waals surface area contributed by atoms with Crippen molar-refractivity contribution in [2.45, 2.75) is 17.7 Å². The van der Waals surface area contributed by atoms with Crippen molar-refractivity contribution in [3.8, 4) is 11.5 Å². The lowest BCUT2D eigenvalue weighted by molar-refractivity contribution is -0.137. The molecule has 1 amide bonds. The Morgan fingerprint density at radius 3 is 2.19 bits per heavy atom. The lowest BCUT2D eigenvalue weighted by Crippen LogP contribution is -2.12. The molecular weight excluding hydrogens is 447 g/mol. The van der Waals surface area contributed by atoms with Crippen LogP contribution in [0.1, 0.15) is 21.5 Å². The topological polar surface area (TPSA) is 92.7 Å². The summed E-state index contributed by atoms with van der Waals surface area (Å²) in [6.07, 6.45) is -3.46. The Balaban J connectivity index is 1.62. The van der Waals surface area contributed by atoms with Crippen LogP contribution in [-0.4, -0.2) is 25.7 Å². The van der Waals surface area contributed by atoms with Gasteiger partial charge >= 0.3 is 6.18 Å². The van der Waals surface area contributed by atoms with Crippen molar-refractivity contribution in [2.24, 2.45) is 0 Å². The number of carbonyl (C=O) groups is 1. The van der Waals surface area contributed by atoms with Crippen LogP contribution in [-0.2, 0) is 22.6 Å². The SMILES string of the molecule is CS(=O)(=O)c1cc(NC(=O)c2ccc(OCc3ccc(C(F)(F)F)cc3)cc2)ccc1O. The largest absolute Gasteiger partial charge is 0.507 e. The van der Waals surface area contributed by atoms with E-state index in [1.54, 1.807) is 0 Å². The Morgan fingerprint density at radius 1 is 1.00 bits per heavy atom. The number of halogens is 3. The van der Waals surface area contributed by atoms with Crippen molar-refractivity contribution >= 4 is 21.4 Å². The summed E-state index contributed by atoms with van der Waals surface area (Å²) in [5, 5.41) is 12.2. The van der Waals surface area contributed by atoms with Crippen molar-refractivity contribution in [1.82, 2.24) is 0 Å². The number of hydrogen-bond acceptors (Lipinski definition) is 5. The molecule has 3 aromatic rings. The van der Waals surface area contributed by atoms with E-state index in [1.807, 2.05) is 0 Å². The van der Waals surface area contributed by atoms with E-state index in [9.17, 15) is 31.5 Å². The number of hydrogen-bond donors (Lipinski definition) is 2. The smallest absolute Gasteiger partial charge is 0.416 e. The Morgan fingerprint density at radius 2 is 1.62 bits per heavy atom. The number of phenols is 1. The van der Waals surface area contributed by atoms with Gasteiger partial charge in [-0.3, -0.25) is 4.79 Å². The summed E-state index contributed by atoms with van der Waals surface area (Å²) in [4.78, 5) is 12.1. The highest BCUT2D eigenvalue weighted by Gasteiger charge is 2.29. The summed E-state index contributed by atoms with van der Waals surface area (Å²) in [6, 6.07) is 14.3. The first kappa shape index (κ1) is 23.1. The summed E-state index contributed by atoms with van der Waals surface area (Å²) in [6.45, 7) is 0.0471. The summed E-state index contributed by atoms with van der Waals surface area (Å²) >= 11 is 0. The van der Waals surface area contributed by atoms with Crippen LogP contribution in [0.3, 0.4) is 0 Å². The van der Waals surface area contributed by atoms with Crippen LogP contribution < -0.4 is 10.1 Å². The van der Waals surface area contributed by atoms with E-state index in [0.717, 1.165) is 24.5 Å². The van der Waals surface area contributed by atoms with Crippen LogP contribution in [0.15, 0.2) is 71.6 Å². The van der Waals surface area contributed by atoms with Crippen LogP contribution in [0.2, 0.25) is 0 Å². The van der Waals surface area contributed by atoms with Crippen LogP contribution >= 0.6 is 0 Å². The highest BCUT2D eigenvalue weighted by molar-refractivity contribution is 7.90. The fourth-order valence-corrected chi connectivity index (χ4v) is 3.54. The van der Waals surface area contributed by atoms with Gasteiger partial charge in [0.2, 0.25) is 0 Å². The van der Waals surface area contributed by atoms with Gasteiger partial charge in [0.05, 0.1) is 5.56 Å². The number of sulfone groups is 1. The Bertz CT molecular complexity index is 1220. The zero-order chi connectivity index (χ0) is 23.5. The van der Waals surface area contributed by atoms with Crippen LogP contribution in [0, 0.1) is 0 Å². The monoisotopic (exact) mass is 465 g/mol. The first-order valence-corrected chi connectivity index (χ1v) is 11.1. The normalized spacial score (nSPS) is 11.8. The van der Waals surface area contributed by atoms with Gasteiger partial charge in [0.15, 0.2) is 9.84 Å². The molecule has 3 aromatic carbocycles. The molecule has 2 N–H and O–H groups in total. The number of anilines is 1. The average molecular weight is 465 g/mol. The molecule has 0 saturated heterocycles. The zero-order valence-electron chi connectivity index (χ0n) is 16.7. The van der Waals surface area contributed by atoms with E-state index in [1.165, 1.54) is 48.5 Å². The molecule has 0 aromatic heterocycles. The summed E-state index contributed by atoms with van der Waals surface area (Å²) in [5.41, 5.74) is 0.263. The number of alkyl halides is 3. The van der Waals surface area contributed by atoms with Gasteiger partial charge in [-0.15, -0.1) is 0 Å². The summed E-state index contributed by atoms with van der Waals surface area (Å²) < 4.78 is 66.7. The van der Waals surface area contributed by atoms with Gasteiger partial charge in [-0.25, -0.2) is 8.42 Å². The lowest BCUT2D eigenvalue weighted by atomic mass is 10.1. The van der Waals surface area contributed by atoms with E-state index < -0.39 is 33.2 Å². The molecule has 0 radical (unpaired) electrons. The van der Waals surface area contributed by atoms with Crippen molar-refractivity contribution in [3.05, 3.63) is 83.4 Å². The molecule has 0 aliphatic rings. The molecule has 0 aliphatic carbocycles. The molecule has 168 valence electrons. The van der Waals surface area contributed by atoms with Gasteiger partial charge in [0.25, 0.3) is 5.91 Å². The van der Waals surface area contributed by atoms with E-state index in [4.69, 9.17) is 4.74 Å². The molecule has 32 heavy (non-hydrogen) atoms. The molecule has 10 heteroatoms. The van der Waals surface area contributed by atoms with Crippen LogP contribution in [0.5, 0.6) is 11.5 Å². The first-order chi connectivity index (χ1) is 14.9. The fraction of sp³-hybridized carbons (Fsp3) is 0.136. The molecule has 0 unspecified atom stereocenters. The van der Waals surface area contributed by atoms with Crippen molar-refractivity contribution in [1.29, 1.82) is 0 Å². The second-order valence-electron chi connectivity index (χ2n) is 6.92. The number of benzene rings is 3. The zero-order valence-corrected chi connectivity index (χ0v) is 17.5. The molecule has 6 nitrogen and oxygen atoms in total. The second-order valence-corrected chi connectivity index (χ2v) is 8.90. The van der Waals surface area contributed by atoms with Crippen LogP contribution in [0.4, 0.5) is 18.9 Å². The number of rotatable bonds is 6. The van der Waals surface area contributed by atoms with Crippen molar-refractivity contribution in [2.75, 3.05) is 11.6 Å². The van der Waals surface area contributed by atoms with E-state index in [2.05, 4.69) is 5.32 Å². The first-order valence-electron chi connectivity index (χ1n) is 9.17. The predicted octanol–water partition coefficient (Wildman–Crippen LogP) is 4.65. The molecule has 0 saturated carbocycles. The maximum atomic E-state index is 12.6. The van der Waals surface area contributed by atoms with E-state index in [0.29, 0.717) is 11.3 Å². The minimum Gasteiger partial charge on any atom is -0.507 e. The number of nitrogens with one attached hydrogen (secondary N) is 1. The molecular formula is C22H18F3NO5S. The third kappa shape index (κ3) is 5.79. The van der Waals surface area contributed by atoms with Gasteiger partial charge < -0.3 is 15.2 Å². The maximum absolute atomic E-state index is 12.6. The molecule has 0 spiro atoms. The number of amides is 1. The number of ether oxygens (including phenoxy) is 1. The third-order valence-electron chi connectivity index (χ3n) is 4.42. The standard InChI is InChI=1S/C22H18F3NO5S/c1-32(29,30)20-12-17(8-11-19(20)27)26-21(28)15-4-9-18(10-5-15)31-13-14-2-6-16(7-3-14)22(23,24)25/h2-12,27H,13H2,1H3,(H,26,28). The fourth-order valence-electron chi connectivity index (χ4n) is 2.75. The van der Waals surface area contributed by atoms with Crippen molar-refractivity contribution in [3.63, 3.8) is 0 Å². The Labute approximate surface area is 182 Å². The number of aromatic hydroxyl groups is 1. The van der Waals surface area contributed by atoms with E-state index in [-0.39, 0.29) is 22.8 Å². The third-order valence-corrected chi connectivity index (χ3v) is 5.55. The minimum absolute atomic E-state index is 0.0471. The average Bonchev–Trinajstić information content (AvgIpc) is 2.73. The van der Waals surface area contributed by atoms with Crippen molar-refractivity contribution < 1.29 is 36.2 Å². The highest BCUT2D eigenvalue weighted by atomic mass is 32.2. The van der Waals surface area contributed by atoms with Gasteiger partial charge in [0.1, 0.15) is 23.0 Å². The number of phenolic OH excluding ortho intramolecular Hbond substituents is 1. The number of carbonyl (C=O) groups excluding carboxylic acids is 1. The quantitative estimate of drug-likeness (QED) is 0.517. The Hall–Kier alpha value is -3.53. The molecule has 0 bridgehead atoms.